The summed E-state index contributed by atoms with van der Waals surface area (Å²) in [7, 11) is 0. The Hall–Kier alpha value is -1.76. The number of amides is 1. The lowest BCUT2D eigenvalue weighted by molar-refractivity contribution is -0.148. The summed E-state index contributed by atoms with van der Waals surface area (Å²) in [6.45, 7) is 4.54. The quantitative estimate of drug-likeness (QED) is 0.495. The summed E-state index contributed by atoms with van der Waals surface area (Å²) in [5.41, 5.74) is 0. The molecule has 1 fully saturated rings. The van der Waals surface area contributed by atoms with Crippen LogP contribution in [0, 0.1) is 5.92 Å². The SMILES string of the molecule is CCCCC(C)C/C=C/C1CC(F)(F)C(=O)N1CCCc1ccc(C(=O)O)s1. The van der Waals surface area contributed by atoms with Crippen molar-refractivity contribution in [2.24, 2.45) is 5.92 Å². The molecule has 2 atom stereocenters. The van der Waals surface area contributed by atoms with Crippen LogP contribution in [0.4, 0.5) is 8.78 Å². The number of carbonyl (C=O) groups excluding carboxylic acids is 1. The van der Waals surface area contributed by atoms with Gasteiger partial charge in [-0.25, -0.2) is 4.79 Å². The first-order valence-corrected chi connectivity index (χ1v) is 10.7. The van der Waals surface area contributed by atoms with E-state index in [0.717, 1.165) is 30.6 Å². The molecule has 1 aliphatic rings. The molecule has 0 aromatic carbocycles. The molecule has 2 rings (SSSR count). The standard InChI is InChI=1S/C21H29F2NO3S/c1-3-4-7-15(2)8-5-9-16-14-21(22,23)20(27)24(16)13-6-10-17-11-12-18(28-17)19(25)26/h5,9,11-12,15-16H,3-4,6-8,10,13-14H2,1-2H3,(H,25,26)/b9-5+. The Kier molecular flexibility index (Phi) is 8.16. The molecule has 7 heteroatoms. The summed E-state index contributed by atoms with van der Waals surface area (Å²) >= 11 is 1.18. The average Bonchev–Trinajstić information content (AvgIpc) is 3.18. The highest BCUT2D eigenvalue weighted by Gasteiger charge is 2.52. The number of hydrogen-bond acceptors (Lipinski definition) is 3. The Labute approximate surface area is 169 Å². The number of thiophene rings is 1. The average molecular weight is 414 g/mol. The maximum absolute atomic E-state index is 13.9. The minimum atomic E-state index is -3.30. The van der Waals surface area contributed by atoms with Crippen LogP contribution in [0.25, 0.3) is 0 Å². The zero-order chi connectivity index (χ0) is 20.7. The van der Waals surface area contributed by atoms with E-state index in [1.54, 1.807) is 18.2 Å². The highest BCUT2D eigenvalue weighted by molar-refractivity contribution is 7.13. The van der Waals surface area contributed by atoms with Crippen molar-refractivity contribution < 1.29 is 23.5 Å². The van der Waals surface area contributed by atoms with Crippen molar-refractivity contribution in [2.75, 3.05) is 6.54 Å². The number of halogens is 2. The summed E-state index contributed by atoms with van der Waals surface area (Å²) in [5, 5.41) is 8.96. The molecule has 4 nitrogen and oxygen atoms in total. The Bertz CT molecular complexity index is 702. The number of carboxylic acids is 1. The van der Waals surface area contributed by atoms with E-state index >= 15 is 0 Å². The molecule has 0 radical (unpaired) electrons. The smallest absolute Gasteiger partial charge is 0.345 e. The lowest BCUT2D eigenvalue weighted by Gasteiger charge is -2.21. The Morgan fingerprint density at radius 2 is 2.18 bits per heavy atom. The van der Waals surface area contributed by atoms with Gasteiger partial charge in [-0.2, -0.15) is 8.78 Å². The third kappa shape index (κ3) is 6.12. The molecule has 2 unspecified atom stereocenters. The summed E-state index contributed by atoms with van der Waals surface area (Å²) < 4.78 is 27.9. The number of allylic oxidation sites excluding steroid dienone is 1. The number of rotatable bonds is 11. The van der Waals surface area contributed by atoms with Crippen molar-refractivity contribution in [1.82, 2.24) is 4.90 Å². The van der Waals surface area contributed by atoms with Gasteiger partial charge in [0.15, 0.2) is 0 Å². The number of aryl methyl sites for hydroxylation is 1. The molecular weight excluding hydrogens is 384 g/mol. The number of aromatic carboxylic acids is 1. The third-order valence-corrected chi connectivity index (χ3v) is 6.21. The zero-order valence-corrected chi connectivity index (χ0v) is 17.3. The fraction of sp³-hybridized carbons (Fsp3) is 0.619. The Morgan fingerprint density at radius 1 is 1.43 bits per heavy atom. The number of carbonyl (C=O) groups is 2. The summed E-state index contributed by atoms with van der Waals surface area (Å²) in [6.07, 6.45) is 8.57. The van der Waals surface area contributed by atoms with Gasteiger partial charge >= 0.3 is 11.9 Å². The number of nitrogens with zero attached hydrogens (tertiary/aromatic N) is 1. The van der Waals surface area contributed by atoms with Crippen LogP contribution in [0.2, 0.25) is 0 Å². The van der Waals surface area contributed by atoms with Crippen LogP contribution in [-0.2, 0) is 11.2 Å². The van der Waals surface area contributed by atoms with Crippen LogP contribution >= 0.6 is 11.3 Å². The normalized spacial score (nSPS) is 20.2. The second kappa shape index (κ2) is 10.1. The van der Waals surface area contributed by atoms with Crippen LogP contribution in [0.5, 0.6) is 0 Å². The van der Waals surface area contributed by atoms with Crippen molar-refractivity contribution >= 4 is 23.2 Å². The second-order valence-electron chi connectivity index (χ2n) is 7.56. The molecule has 0 spiro atoms. The van der Waals surface area contributed by atoms with Gasteiger partial charge in [-0.15, -0.1) is 11.3 Å². The van der Waals surface area contributed by atoms with Crippen molar-refractivity contribution in [3.63, 3.8) is 0 Å². The molecule has 156 valence electrons. The van der Waals surface area contributed by atoms with Gasteiger partial charge in [0.25, 0.3) is 5.91 Å². The minimum absolute atomic E-state index is 0.245. The molecule has 1 saturated heterocycles. The van der Waals surface area contributed by atoms with Crippen molar-refractivity contribution in [1.29, 1.82) is 0 Å². The summed E-state index contributed by atoms with van der Waals surface area (Å²) in [6, 6.07) is 2.71. The van der Waals surface area contributed by atoms with E-state index in [1.807, 2.05) is 6.08 Å². The molecule has 1 aromatic heterocycles. The number of unbranched alkanes of at least 4 members (excludes halogenated alkanes) is 1. The first kappa shape index (κ1) is 22.5. The van der Waals surface area contributed by atoms with Crippen LogP contribution in [0.15, 0.2) is 24.3 Å². The molecule has 0 aliphatic carbocycles. The maximum Gasteiger partial charge on any atom is 0.345 e. The van der Waals surface area contributed by atoms with Gasteiger partial charge in [-0.1, -0.05) is 45.3 Å². The van der Waals surface area contributed by atoms with Crippen molar-refractivity contribution in [3.8, 4) is 0 Å². The van der Waals surface area contributed by atoms with Crippen LogP contribution in [0.3, 0.4) is 0 Å². The van der Waals surface area contributed by atoms with Gasteiger partial charge < -0.3 is 10.0 Å². The van der Waals surface area contributed by atoms with E-state index in [-0.39, 0.29) is 11.4 Å². The van der Waals surface area contributed by atoms with E-state index in [0.29, 0.717) is 18.8 Å². The van der Waals surface area contributed by atoms with Gasteiger partial charge in [-0.3, -0.25) is 4.79 Å². The molecule has 1 aliphatic heterocycles. The van der Waals surface area contributed by atoms with Gasteiger partial charge in [0.05, 0.1) is 6.04 Å². The summed E-state index contributed by atoms with van der Waals surface area (Å²) in [4.78, 5) is 25.4. The first-order valence-electron chi connectivity index (χ1n) is 9.92. The van der Waals surface area contributed by atoms with Crippen LogP contribution in [-0.4, -0.2) is 40.4 Å². The van der Waals surface area contributed by atoms with E-state index < -0.39 is 30.3 Å². The molecule has 28 heavy (non-hydrogen) atoms. The maximum atomic E-state index is 13.9. The van der Waals surface area contributed by atoms with Gasteiger partial charge in [0.2, 0.25) is 0 Å². The predicted molar refractivity (Wildman–Crippen MR) is 107 cm³/mol. The molecule has 0 saturated carbocycles. The van der Waals surface area contributed by atoms with Gasteiger partial charge in [0, 0.05) is 17.8 Å². The van der Waals surface area contributed by atoms with Crippen LogP contribution in [0.1, 0.15) is 66.9 Å². The molecule has 1 N–H and O–H groups in total. The van der Waals surface area contributed by atoms with E-state index in [4.69, 9.17) is 5.11 Å². The second-order valence-corrected chi connectivity index (χ2v) is 8.73. The molecule has 2 heterocycles. The van der Waals surface area contributed by atoms with E-state index in [1.165, 1.54) is 16.2 Å². The highest BCUT2D eigenvalue weighted by atomic mass is 32.1. The molecule has 1 amide bonds. The fourth-order valence-electron chi connectivity index (χ4n) is 3.45. The lowest BCUT2D eigenvalue weighted by atomic mass is 10.00. The summed E-state index contributed by atoms with van der Waals surface area (Å²) in [5.74, 6) is -4.87. The Balaban J connectivity index is 1.90. The lowest BCUT2D eigenvalue weighted by Crippen LogP contribution is -2.36. The largest absolute Gasteiger partial charge is 0.477 e. The number of likely N-dealkylation sites (tertiary alicyclic amines) is 1. The number of carboxylic acid groups (broad SMARTS) is 1. The molecule has 1 aromatic rings. The van der Waals surface area contributed by atoms with E-state index in [2.05, 4.69) is 13.8 Å². The number of alkyl halides is 2. The molecular formula is C21H29F2NO3S. The third-order valence-electron chi connectivity index (χ3n) is 5.08. The highest BCUT2D eigenvalue weighted by Crippen LogP contribution is 2.34. The monoisotopic (exact) mass is 413 g/mol. The fourth-order valence-corrected chi connectivity index (χ4v) is 4.34. The van der Waals surface area contributed by atoms with Gasteiger partial charge in [-0.05, 0) is 37.3 Å². The first-order chi connectivity index (χ1) is 13.2. The molecule has 0 bridgehead atoms. The van der Waals surface area contributed by atoms with Gasteiger partial charge in [0.1, 0.15) is 4.88 Å². The topological polar surface area (TPSA) is 57.6 Å². The minimum Gasteiger partial charge on any atom is -0.477 e. The zero-order valence-electron chi connectivity index (χ0n) is 16.5. The van der Waals surface area contributed by atoms with Crippen molar-refractivity contribution in [3.05, 3.63) is 34.0 Å². The van der Waals surface area contributed by atoms with E-state index in [9.17, 15) is 18.4 Å². The Morgan fingerprint density at radius 3 is 2.82 bits per heavy atom. The van der Waals surface area contributed by atoms with Crippen molar-refractivity contribution in [2.45, 2.75) is 70.8 Å². The predicted octanol–water partition coefficient (Wildman–Crippen LogP) is 5.39. The number of hydrogen-bond donors (Lipinski definition) is 1. The van der Waals surface area contributed by atoms with Crippen LogP contribution < -0.4 is 0 Å².